The molecule has 1 N–H and O–H groups in total. The average Bonchev–Trinajstić information content (AvgIpc) is 3.01. The van der Waals surface area contributed by atoms with Gasteiger partial charge in [0.1, 0.15) is 17.4 Å². The van der Waals surface area contributed by atoms with Crippen LogP contribution in [0, 0.1) is 25.5 Å². The number of aryl methyl sites for hydroxylation is 2. The number of aliphatic hydroxyl groups is 1. The number of rotatable bonds is 3. The van der Waals surface area contributed by atoms with Crippen molar-refractivity contribution in [2.75, 3.05) is 4.90 Å². The average molecular weight is 419 g/mol. The Morgan fingerprint density at radius 1 is 0.903 bits per heavy atom. The molecule has 0 aromatic heterocycles. The van der Waals surface area contributed by atoms with Gasteiger partial charge in [0.15, 0.2) is 0 Å². The van der Waals surface area contributed by atoms with E-state index in [9.17, 15) is 23.5 Å². The Bertz CT molecular complexity index is 1230. The van der Waals surface area contributed by atoms with Crippen LogP contribution < -0.4 is 4.90 Å². The third kappa shape index (κ3) is 3.50. The smallest absolute Gasteiger partial charge is 0.300 e. The summed E-state index contributed by atoms with van der Waals surface area (Å²) in [5.74, 6) is -3.38. The summed E-state index contributed by atoms with van der Waals surface area (Å²) < 4.78 is 28.5. The van der Waals surface area contributed by atoms with Crippen molar-refractivity contribution in [3.8, 4) is 0 Å². The fraction of sp³-hybridized carbons (Fsp3) is 0.120. The lowest BCUT2D eigenvalue weighted by atomic mass is 9.94. The van der Waals surface area contributed by atoms with Crippen LogP contribution in [0.25, 0.3) is 5.76 Å². The fourth-order valence-corrected chi connectivity index (χ4v) is 3.74. The summed E-state index contributed by atoms with van der Waals surface area (Å²) >= 11 is 0. The molecule has 3 aromatic carbocycles. The van der Waals surface area contributed by atoms with E-state index >= 15 is 0 Å². The Hall–Kier alpha value is -3.80. The minimum absolute atomic E-state index is 0.0719. The lowest BCUT2D eigenvalue weighted by Crippen LogP contribution is -2.29. The number of halogens is 2. The zero-order valence-electron chi connectivity index (χ0n) is 16.9. The number of hydrogen-bond donors (Lipinski definition) is 1. The molecule has 1 saturated heterocycles. The van der Waals surface area contributed by atoms with Crippen LogP contribution in [0.4, 0.5) is 14.5 Å². The van der Waals surface area contributed by atoms with E-state index < -0.39 is 35.1 Å². The number of carbonyl (C=O) groups excluding carboxylic acids is 2. The number of nitrogens with zero attached hydrogens (tertiary/aromatic N) is 1. The maximum absolute atomic E-state index is 14.8. The molecule has 0 saturated carbocycles. The summed E-state index contributed by atoms with van der Waals surface area (Å²) in [5, 5.41) is 11.0. The lowest BCUT2D eigenvalue weighted by molar-refractivity contribution is -0.132. The number of amides is 1. The normalized spacial score (nSPS) is 17.9. The van der Waals surface area contributed by atoms with E-state index in [-0.39, 0.29) is 22.3 Å². The molecule has 1 aliphatic heterocycles. The second-order valence-electron chi connectivity index (χ2n) is 7.49. The van der Waals surface area contributed by atoms with Gasteiger partial charge >= 0.3 is 0 Å². The van der Waals surface area contributed by atoms with Gasteiger partial charge in [-0.2, -0.15) is 0 Å². The van der Waals surface area contributed by atoms with Gasteiger partial charge in [-0.05, 0) is 55.8 Å². The monoisotopic (exact) mass is 419 g/mol. The molecule has 1 unspecified atom stereocenters. The summed E-state index contributed by atoms with van der Waals surface area (Å²) in [7, 11) is 0. The van der Waals surface area contributed by atoms with Crippen molar-refractivity contribution < 1.29 is 23.5 Å². The SMILES string of the molecule is Cc1ccc(N2C(=O)C(=O)/C(=C(/O)c3ccc(F)c(C)c3)C2c2ccccc2F)cc1. The molecule has 6 heteroatoms. The molecule has 4 nitrogen and oxygen atoms in total. The van der Waals surface area contributed by atoms with Crippen LogP contribution in [0.15, 0.2) is 72.3 Å². The summed E-state index contributed by atoms with van der Waals surface area (Å²) in [5.41, 5.74) is 1.60. The Labute approximate surface area is 178 Å². The molecule has 1 fully saturated rings. The van der Waals surface area contributed by atoms with E-state index in [1.807, 2.05) is 6.92 Å². The maximum Gasteiger partial charge on any atom is 0.300 e. The molecule has 0 radical (unpaired) electrons. The quantitative estimate of drug-likeness (QED) is 0.360. The molecule has 156 valence electrons. The van der Waals surface area contributed by atoms with Gasteiger partial charge in [0, 0.05) is 16.8 Å². The first-order valence-corrected chi connectivity index (χ1v) is 9.68. The predicted octanol–water partition coefficient (Wildman–Crippen LogP) is 5.21. The number of carbonyl (C=O) groups is 2. The molecule has 4 rings (SSSR count). The molecule has 0 bridgehead atoms. The highest BCUT2D eigenvalue weighted by Gasteiger charge is 2.47. The van der Waals surface area contributed by atoms with Crippen LogP contribution >= 0.6 is 0 Å². The predicted molar refractivity (Wildman–Crippen MR) is 113 cm³/mol. The van der Waals surface area contributed by atoms with Gasteiger partial charge in [-0.3, -0.25) is 14.5 Å². The molecule has 1 aliphatic rings. The largest absolute Gasteiger partial charge is 0.507 e. The number of aliphatic hydroxyl groups excluding tert-OH is 1. The molecular weight excluding hydrogens is 400 g/mol. The molecule has 0 spiro atoms. The Morgan fingerprint density at radius 2 is 1.58 bits per heavy atom. The van der Waals surface area contributed by atoms with Gasteiger partial charge in [0.25, 0.3) is 11.7 Å². The first-order valence-electron chi connectivity index (χ1n) is 9.68. The summed E-state index contributed by atoms with van der Waals surface area (Å²) in [6.07, 6.45) is 0. The van der Waals surface area contributed by atoms with Crippen molar-refractivity contribution in [3.05, 3.63) is 106 Å². The van der Waals surface area contributed by atoms with Crippen molar-refractivity contribution in [1.29, 1.82) is 0 Å². The van der Waals surface area contributed by atoms with Crippen LogP contribution in [-0.2, 0) is 9.59 Å². The topological polar surface area (TPSA) is 57.6 Å². The van der Waals surface area contributed by atoms with Crippen LogP contribution in [-0.4, -0.2) is 16.8 Å². The highest BCUT2D eigenvalue weighted by Crippen LogP contribution is 2.43. The summed E-state index contributed by atoms with van der Waals surface area (Å²) in [6, 6.07) is 15.4. The van der Waals surface area contributed by atoms with Crippen molar-refractivity contribution in [2.24, 2.45) is 0 Å². The molecule has 3 aromatic rings. The van der Waals surface area contributed by atoms with Crippen molar-refractivity contribution >= 4 is 23.1 Å². The van der Waals surface area contributed by atoms with E-state index in [1.54, 1.807) is 30.3 Å². The Kier molecular flexibility index (Phi) is 5.15. The second-order valence-corrected chi connectivity index (χ2v) is 7.49. The molecule has 1 heterocycles. The summed E-state index contributed by atoms with van der Waals surface area (Å²) in [6.45, 7) is 3.40. The van der Waals surface area contributed by atoms with E-state index in [2.05, 4.69) is 0 Å². The third-order valence-corrected chi connectivity index (χ3v) is 5.39. The van der Waals surface area contributed by atoms with Crippen LogP contribution in [0.5, 0.6) is 0 Å². The molecule has 1 amide bonds. The van der Waals surface area contributed by atoms with Crippen LogP contribution in [0.3, 0.4) is 0 Å². The zero-order valence-corrected chi connectivity index (χ0v) is 16.9. The molecular formula is C25H19F2NO3. The molecule has 31 heavy (non-hydrogen) atoms. The van der Waals surface area contributed by atoms with E-state index in [0.717, 1.165) is 5.56 Å². The Morgan fingerprint density at radius 3 is 2.23 bits per heavy atom. The van der Waals surface area contributed by atoms with E-state index in [1.165, 1.54) is 48.2 Å². The first-order chi connectivity index (χ1) is 14.8. The maximum atomic E-state index is 14.8. The lowest BCUT2D eigenvalue weighted by Gasteiger charge is -2.26. The van der Waals surface area contributed by atoms with E-state index in [0.29, 0.717) is 5.69 Å². The molecule has 0 aliphatic carbocycles. The minimum atomic E-state index is -1.17. The fourth-order valence-electron chi connectivity index (χ4n) is 3.74. The van der Waals surface area contributed by atoms with Gasteiger partial charge in [-0.1, -0.05) is 35.9 Å². The van der Waals surface area contributed by atoms with Gasteiger partial charge in [-0.25, -0.2) is 8.78 Å². The zero-order chi connectivity index (χ0) is 22.3. The first kappa shape index (κ1) is 20.5. The van der Waals surface area contributed by atoms with Crippen LogP contribution in [0.1, 0.15) is 28.3 Å². The molecule has 1 atom stereocenters. The number of hydrogen-bond acceptors (Lipinski definition) is 3. The van der Waals surface area contributed by atoms with Crippen molar-refractivity contribution in [1.82, 2.24) is 0 Å². The van der Waals surface area contributed by atoms with E-state index in [4.69, 9.17) is 0 Å². The van der Waals surface area contributed by atoms with Gasteiger partial charge in [0.05, 0.1) is 11.6 Å². The van der Waals surface area contributed by atoms with Crippen molar-refractivity contribution in [3.63, 3.8) is 0 Å². The standard InChI is InChI=1S/C25H19F2NO3/c1-14-7-10-17(11-8-14)28-22(18-5-3-4-6-20(18)27)21(24(30)25(28)31)23(29)16-9-12-19(26)15(2)13-16/h3-13,22,29H,1-2H3/b23-21+. The number of anilines is 1. The number of benzene rings is 3. The van der Waals surface area contributed by atoms with Gasteiger partial charge in [0.2, 0.25) is 0 Å². The Balaban J connectivity index is 1.97. The second kappa shape index (κ2) is 7.80. The van der Waals surface area contributed by atoms with Crippen LogP contribution in [0.2, 0.25) is 0 Å². The van der Waals surface area contributed by atoms with Gasteiger partial charge in [-0.15, -0.1) is 0 Å². The minimum Gasteiger partial charge on any atom is -0.507 e. The van der Waals surface area contributed by atoms with Gasteiger partial charge < -0.3 is 5.11 Å². The highest BCUT2D eigenvalue weighted by molar-refractivity contribution is 6.51. The summed E-state index contributed by atoms with van der Waals surface area (Å²) in [4.78, 5) is 27.2. The number of ketones is 1. The van der Waals surface area contributed by atoms with Crippen molar-refractivity contribution in [2.45, 2.75) is 19.9 Å². The number of Topliss-reactive ketones (excluding diaryl/α,β-unsaturated/α-hetero) is 1. The highest BCUT2D eigenvalue weighted by atomic mass is 19.1. The third-order valence-electron chi connectivity index (χ3n) is 5.39.